The average Bonchev–Trinajstić information content (AvgIpc) is 2.89. The predicted octanol–water partition coefficient (Wildman–Crippen LogP) is 3.01. The minimum absolute atomic E-state index is 0.0404. The summed E-state index contributed by atoms with van der Waals surface area (Å²) < 4.78 is 13.5. The Morgan fingerprint density at radius 3 is 2.78 bits per heavy atom. The highest BCUT2D eigenvalue weighted by atomic mass is 19.1. The van der Waals surface area contributed by atoms with Gasteiger partial charge in [0.1, 0.15) is 5.82 Å². The lowest BCUT2D eigenvalue weighted by Gasteiger charge is -2.25. The Morgan fingerprint density at radius 2 is 2.04 bits per heavy atom. The van der Waals surface area contributed by atoms with Crippen LogP contribution >= 0.6 is 0 Å². The topological polar surface area (TPSA) is 40.5 Å². The first kappa shape index (κ1) is 15.7. The fraction of sp³-hybridized carbons (Fsp3) is 0.316. The fourth-order valence-electron chi connectivity index (χ4n) is 3.22. The van der Waals surface area contributed by atoms with Crippen molar-refractivity contribution in [1.82, 2.24) is 4.90 Å². The molecule has 2 aromatic rings. The summed E-state index contributed by atoms with van der Waals surface area (Å²) in [5, 5.41) is 9.97. The van der Waals surface area contributed by atoms with Gasteiger partial charge in [-0.25, -0.2) is 4.39 Å². The molecule has 1 saturated heterocycles. The molecule has 4 heteroatoms. The molecule has 2 aromatic carbocycles. The largest absolute Gasteiger partial charge is 0.391 e. The highest BCUT2D eigenvalue weighted by Gasteiger charge is 2.35. The van der Waals surface area contributed by atoms with Gasteiger partial charge in [-0.1, -0.05) is 42.0 Å². The van der Waals surface area contributed by atoms with Crippen LogP contribution in [-0.2, 0) is 11.2 Å². The van der Waals surface area contributed by atoms with Crippen molar-refractivity contribution in [1.29, 1.82) is 0 Å². The molecule has 120 valence electrons. The molecule has 1 N–H and O–H groups in total. The van der Waals surface area contributed by atoms with Crippen molar-refractivity contribution >= 4 is 5.91 Å². The Hall–Kier alpha value is -2.20. The van der Waals surface area contributed by atoms with Gasteiger partial charge in [0.2, 0.25) is 5.91 Å². The van der Waals surface area contributed by atoms with Gasteiger partial charge in [0.05, 0.1) is 18.6 Å². The molecule has 23 heavy (non-hydrogen) atoms. The van der Waals surface area contributed by atoms with E-state index in [4.69, 9.17) is 0 Å². The van der Waals surface area contributed by atoms with E-state index in [0.717, 1.165) is 16.7 Å². The molecule has 0 radical (unpaired) electrons. The van der Waals surface area contributed by atoms with Crippen molar-refractivity contribution in [2.24, 2.45) is 0 Å². The maximum atomic E-state index is 13.5. The van der Waals surface area contributed by atoms with Gasteiger partial charge in [-0.15, -0.1) is 0 Å². The number of aryl methyl sites for hydroxylation is 1. The van der Waals surface area contributed by atoms with Crippen molar-refractivity contribution in [3.63, 3.8) is 0 Å². The normalized spacial score (nSPS) is 20.7. The highest BCUT2D eigenvalue weighted by molar-refractivity contribution is 5.79. The van der Waals surface area contributed by atoms with Gasteiger partial charge >= 0.3 is 0 Å². The Kier molecular flexibility index (Phi) is 4.44. The molecule has 1 fully saturated rings. The maximum absolute atomic E-state index is 13.5. The molecule has 3 nitrogen and oxygen atoms in total. The van der Waals surface area contributed by atoms with Crippen LogP contribution in [0.4, 0.5) is 4.39 Å². The standard InChI is InChI=1S/C19H20FNO2/c1-13-4-2-5-14(8-13)9-19(23)21-12-17(22)11-18(21)15-6-3-7-16(20)10-15/h2-8,10,17-18,22H,9,11-12H2,1H3/t17-,18-/m0/s1. The number of aliphatic hydroxyl groups is 1. The number of halogens is 1. The van der Waals surface area contributed by atoms with E-state index in [1.807, 2.05) is 31.2 Å². The quantitative estimate of drug-likeness (QED) is 0.946. The average molecular weight is 313 g/mol. The number of benzene rings is 2. The van der Waals surface area contributed by atoms with Crippen LogP contribution in [0.5, 0.6) is 0 Å². The fourth-order valence-corrected chi connectivity index (χ4v) is 3.22. The summed E-state index contributed by atoms with van der Waals surface area (Å²) in [5.74, 6) is -0.364. The zero-order valence-corrected chi connectivity index (χ0v) is 13.1. The summed E-state index contributed by atoms with van der Waals surface area (Å²) in [6.45, 7) is 2.29. The molecule has 1 heterocycles. The number of amides is 1. The zero-order valence-electron chi connectivity index (χ0n) is 13.1. The van der Waals surface area contributed by atoms with Crippen molar-refractivity contribution in [3.8, 4) is 0 Å². The molecule has 1 amide bonds. The van der Waals surface area contributed by atoms with E-state index in [-0.39, 0.29) is 17.8 Å². The van der Waals surface area contributed by atoms with E-state index in [0.29, 0.717) is 19.4 Å². The van der Waals surface area contributed by atoms with E-state index in [1.54, 1.807) is 17.0 Å². The molecular formula is C19H20FNO2. The van der Waals surface area contributed by atoms with E-state index in [1.165, 1.54) is 12.1 Å². The Morgan fingerprint density at radius 1 is 1.26 bits per heavy atom. The van der Waals surface area contributed by atoms with Crippen LogP contribution in [0.25, 0.3) is 0 Å². The van der Waals surface area contributed by atoms with Gasteiger partial charge in [-0.3, -0.25) is 4.79 Å². The first-order valence-corrected chi connectivity index (χ1v) is 7.81. The molecule has 0 unspecified atom stereocenters. The van der Waals surface area contributed by atoms with Crippen molar-refractivity contribution in [3.05, 3.63) is 71.0 Å². The first-order valence-electron chi connectivity index (χ1n) is 7.81. The number of carbonyl (C=O) groups excluding carboxylic acids is 1. The van der Waals surface area contributed by atoms with Crippen LogP contribution in [0.1, 0.15) is 29.2 Å². The second-order valence-corrected chi connectivity index (χ2v) is 6.17. The number of likely N-dealkylation sites (tertiary alicyclic amines) is 1. The summed E-state index contributed by atoms with van der Waals surface area (Å²) in [5.41, 5.74) is 2.80. The van der Waals surface area contributed by atoms with Crippen LogP contribution < -0.4 is 0 Å². The molecule has 1 aliphatic heterocycles. The smallest absolute Gasteiger partial charge is 0.227 e. The lowest BCUT2D eigenvalue weighted by molar-refractivity contribution is -0.131. The van der Waals surface area contributed by atoms with Gasteiger partial charge < -0.3 is 10.0 Å². The molecule has 2 atom stereocenters. The number of hydrogen-bond donors (Lipinski definition) is 1. The highest BCUT2D eigenvalue weighted by Crippen LogP contribution is 2.33. The van der Waals surface area contributed by atoms with Gasteiger partial charge in [0.25, 0.3) is 0 Å². The molecule has 0 saturated carbocycles. The Balaban J connectivity index is 1.80. The van der Waals surface area contributed by atoms with Gasteiger partial charge in [-0.2, -0.15) is 0 Å². The molecule has 0 aliphatic carbocycles. The Labute approximate surface area is 135 Å². The number of β-amino-alcohol motifs (C(OH)–C–C–N with tert-alkyl or cyclic N) is 1. The van der Waals surface area contributed by atoms with Crippen molar-refractivity contribution < 1.29 is 14.3 Å². The van der Waals surface area contributed by atoms with E-state index in [2.05, 4.69) is 0 Å². The molecule has 1 aliphatic rings. The number of hydrogen-bond acceptors (Lipinski definition) is 2. The van der Waals surface area contributed by atoms with Crippen LogP contribution in [0, 0.1) is 12.7 Å². The van der Waals surface area contributed by atoms with E-state index in [9.17, 15) is 14.3 Å². The molecule has 0 spiro atoms. The number of carbonyl (C=O) groups is 1. The Bertz CT molecular complexity index is 716. The third-order valence-electron chi connectivity index (χ3n) is 4.27. The third-order valence-corrected chi connectivity index (χ3v) is 4.27. The monoisotopic (exact) mass is 313 g/mol. The van der Waals surface area contributed by atoms with Gasteiger partial charge in [-0.05, 0) is 36.6 Å². The maximum Gasteiger partial charge on any atom is 0.227 e. The molecule has 0 aromatic heterocycles. The van der Waals surface area contributed by atoms with Crippen molar-refractivity contribution in [2.75, 3.05) is 6.54 Å². The number of nitrogens with zero attached hydrogens (tertiary/aromatic N) is 1. The van der Waals surface area contributed by atoms with Crippen LogP contribution in [0.2, 0.25) is 0 Å². The van der Waals surface area contributed by atoms with E-state index < -0.39 is 6.10 Å². The second-order valence-electron chi connectivity index (χ2n) is 6.17. The second kappa shape index (κ2) is 6.50. The van der Waals surface area contributed by atoms with Gasteiger partial charge in [0.15, 0.2) is 0 Å². The number of rotatable bonds is 3. The molecule has 0 bridgehead atoms. The molecular weight excluding hydrogens is 293 g/mol. The van der Waals surface area contributed by atoms with Crippen molar-refractivity contribution in [2.45, 2.75) is 31.9 Å². The summed E-state index contributed by atoms with van der Waals surface area (Å²) in [6, 6.07) is 13.8. The number of aliphatic hydroxyl groups excluding tert-OH is 1. The lowest BCUT2D eigenvalue weighted by Crippen LogP contribution is -2.33. The predicted molar refractivity (Wildman–Crippen MR) is 86.4 cm³/mol. The molecule has 3 rings (SSSR count). The van der Waals surface area contributed by atoms with Gasteiger partial charge in [0, 0.05) is 6.54 Å². The minimum atomic E-state index is -0.565. The minimum Gasteiger partial charge on any atom is -0.391 e. The van der Waals surface area contributed by atoms with Crippen LogP contribution in [-0.4, -0.2) is 28.6 Å². The summed E-state index contributed by atoms with van der Waals surface area (Å²) in [4.78, 5) is 14.3. The SMILES string of the molecule is Cc1cccc(CC(=O)N2C[C@@H](O)C[C@H]2c2cccc(F)c2)c1. The third kappa shape index (κ3) is 3.59. The summed E-state index contributed by atoms with van der Waals surface area (Å²) in [6.07, 6.45) is 0.174. The first-order chi connectivity index (χ1) is 11.0. The summed E-state index contributed by atoms with van der Waals surface area (Å²) >= 11 is 0. The summed E-state index contributed by atoms with van der Waals surface area (Å²) in [7, 11) is 0. The lowest BCUT2D eigenvalue weighted by atomic mass is 10.0. The zero-order chi connectivity index (χ0) is 16.4. The van der Waals surface area contributed by atoms with E-state index >= 15 is 0 Å². The van der Waals surface area contributed by atoms with Crippen LogP contribution in [0.15, 0.2) is 48.5 Å². The van der Waals surface area contributed by atoms with Crippen LogP contribution in [0.3, 0.4) is 0 Å².